The minimum atomic E-state index is -0.366. The summed E-state index contributed by atoms with van der Waals surface area (Å²) in [6, 6.07) is 1.22. The van der Waals surface area contributed by atoms with Crippen LogP contribution < -0.4 is 9.76 Å². The summed E-state index contributed by atoms with van der Waals surface area (Å²) < 4.78 is 2.46. The van der Waals surface area contributed by atoms with Gasteiger partial charge in [-0.05, 0) is 69.6 Å². The normalized spacial score (nSPS) is 29.4. The number of Topliss-reactive ketones (excluding diaryl/α,β-unsaturated/α-hetero) is 1. The van der Waals surface area contributed by atoms with Gasteiger partial charge in [0.25, 0.3) is 0 Å². The van der Waals surface area contributed by atoms with E-state index >= 15 is 0 Å². The second-order valence-electron chi connectivity index (χ2n) is 9.60. The van der Waals surface area contributed by atoms with E-state index in [2.05, 4.69) is 38.9 Å². The highest BCUT2D eigenvalue weighted by Gasteiger charge is 2.41. The van der Waals surface area contributed by atoms with Crippen molar-refractivity contribution in [2.75, 3.05) is 43.7 Å². The van der Waals surface area contributed by atoms with Crippen molar-refractivity contribution in [2.24, 2.45) is 5.92 Å². The number of piperidine rings is 1. The maximum Gasteiger partial charge on any atom is 0.229 e. The molecule has 2 atom stereocenters. The first-order valence-corrected chi connectivity index (χ1v) is 15.2. The van der Waals surface area contributed by atoms with E-state index in [0.29, 0.717) is 29.7 Å². The zero-order valence-electron chi connectivity index (χ0n) is 22.3. The summed E-state index contributed by atoms with van der Waals surface area (Å²) in [6.07, 6.45) is 10.9. The monoisotopic (exact) mass is 490 g/mol. The summed E-state index contributed by atoms with van der Waals surface area (Å²) in [5.74, 6) is 2.48. The van der Waals surface area contributed by atoms with Crippen LogP contribution in [0.3, 0.4) is 0 Å². The third-order valence-corrected chi connectivity index (χ3v) is 9.77. The van der Waals surface area contributed by atoms with E-state index in [1.54, 1.807) is 6.92 Å². The molecule has 1 N–H and O–H groups in total. The van der Waals surface area contributed by atoms with Gasteiger partial charge in [-0.3, -0.25) is 9.99 Å². The molecule has 1 aromatic heterocycles. The molecule has 0 spiro atoms. The number of nitrogens with one attached hydrogen (secondary N) is 1. The van der Waals surface area contributed by atoms with Crippen molar-refractivity contribution in [3.05, 3.63) is 18.0 Å². The van der Waals surface area contributed by atoms with Crippen LogP contribution in [0.25, 0.3) is 0 Å². The highest BCUT2D eigenvalue weighted by atomic mass is 31.1. The zero-order chi connectivity index (χ0) is 24.7. The average Bonchev–Trinajstić information content (AvgIpc) is 3.13. The van der Waals surface area contributed by atoms with E-state index < -0.39 is 0 Å². The third kappa shape index (κ3) is 6.34. The van der Waals surface area contributed by atoms with Crippen LogP contribution in [0.4, 0.5) is 5.95 Å². The Bertz CT molecular complexity index is 734. The first-order valence-electron chi connectivity index (χ1n) is 13.7. The van der Waals surface area contributed by atoms with Gasteiger partial charge in [-0.15, -0.1) is 0 Å². The van der Waals surface area contributed by atoms with Crippen LogP contribution in [-0.4, -0.2) is 76.6 Å². The molecule has 1 aromatic rings. The average molecular weight is 491 g/mol. The summed E-state index contributed by atoms with van der Waals surface area (Å²) in [4.78, 5) is 26.1. The highest BCUT2D eigenvalue weighted by molar-refractivity contribution is 7.57. The Morgan fingerprint density at radius 1 is 1.09 bits per heavy atom. The molecule has 4 aliphatic rings. The zero-order valence-corrected chi connectivity index (χ0v) is 23.2. The molecule has 7 nitrogen and oxygen atoms in total. The Labute approximate surface area is 208 Å². The van der Waals surface area contributed by atoms with Crippen LogP contribution in [-0.2, 0) is 4.79 Å². The Kier molecular flexibility index (Phi) is 10.7. The molecule has 4 heterocycles. The SMILES string of the molecule is CC.CC.CCN1CC2CNP(C1)N2c1ncc(C2CCN(C3CC(CC(C)=O)C3)CC2)cn1. The minimum absolute atomic E-state index is 0.345. The summed E-state index contributed by atoms with van der Waals surface area (Å²) in [6.45, 7) is 17.6. The predicted molar refractivity (Wildman–Crippen MR) is 143 cm³/mol. The fourth-order valence-corrected chi connectivity index (χ4v) is 8.08. The number of rotatable bonds is 6. The second kappa shape index (κ2) is 13.2. The van der Waals surface area contributed by atoms with E-state index in [-0.39, 0.29) is 8.22 Å². The topological polar surface area (TPSA) is 64.6 Å². The molecule has 1 aliphatic carbocycles. The van der Waals surface area contributed by atoms with Gasteiger partial charge < -0.3 is 14.4 Å². The van der Waals surface area contributed by atoms with Gasteiger partial charge in [0.1, 0.15) is 5.78 Å². The lowest BCUT2D eigenvalue weighted by Crippen LogP contribution is -2.48. The molecule has 2 bridgehead atoms. The Balaban J connectivity index is 0.000000771. The van der Waals surface area contributed by atoms with E-state index in [0.717, 1.165) is 38.3 Å². The minimum Gasteiger partial charge on any atom is -0.300 e. The highest BCUT2D eigenvalue weighted by Crippen LogP contribution is 2.48. The molecule has 0 amide bonds. The van der Waals surface area contributed by atoms with E-state index in [1.165, 1.54) is 44.3 Å². The van der Waals surface area contributed by atoms with Gasteiger partial charge in [0.05, 0.1) is 20.6 Å². The molecule has 34 heavy (non-hydrogen) atoms. The van der Waals surface area contributed by atoms with Crippen molar-refractivity contribution >= 4 is 20.0 Å². The molecule has 1 saturated carbocycles. The molecule has 3 aliphatic heterocycles. The summed E-state index contributed by atoms with van der Waals surface area (Å²) in [7, 11) is -0.366. The smallest absolute Gasteiger partial charge is 0.229 e. The number of carbonyl (C=O) groups is 1. The van der Waals surface area contributed by atoms with Crippen LogP contribution in [0.5, 0.6) is 0 Å². The van der Waals surface area contributed by atoms with Crippen molar-refractivity contribution in [3.63, 3.8) is 0 Å². The lowest BCUT2D eigenvalue weighted by atomic mass is 9.75. The van der Waals surface area contributed by atoms with E-state index in [4.69, 9.17) is 9.97 Å². The largest absolute Gasteiger partial charge is 0.300 e. The molecular weight excluding hydrogens is 443 g/mol. The number of likely N-dealkylation sites (N-methyl/N-ethyl adjacent to an activating group) is 1. The third-order valence-electron chi connectivity index (χ3n) is 7.53. The quantitative estimate of drug-likeness (QED) is 0.572. The van der Waals surface area contributed by atoms with Crippen molar-refractivity contribution < 1.29 is 4.79 Å². The van der Waals surface area contributed by atoms with Crippen molar-refractivity contribution in [3.8, 4) is 0 Å². The van der Waals surface area contributed by atoms with Crippen LogP contribution >= 0.6 is 8.22 Å². The van der Waals surface area contributed by atoms with Crippen LogP contribution in [0.2, 0.25) is 0 Å². The van der Waals surface area contributed by atoms with Crippen LogP contribution in [0.1, 0.15) is 85.1 Å². The summed E-state index contributed by atoms with van der Waals surface area (Å²) >= 11 is 0. The maximum atomic E-state index is 11.3. The number of nitrogens with zero attached hydrogens (tertiary/aromatic N) is 5. The molecule has 5 rings (SSSR count). The Morgan fingerprint density at radius 2 is 1.74 bits per heavy atom. The van der Waals surface area contributed by atoms with Gasteiger partial charge in [0.15, 0.2) is 0 Å². The van der Waals surface area contributed by atoms with Crippen molar-refractivity contribution in [2.45, 2.75) is 91.6 Å². The fourth-order valence-electron chi connectivity index (χ4n) is 5.71. The molecule has 8 heteroatoms. The number of fused-ring (bicyclic) bond motifs is 2. The Morgan fingerprint density at radius 3 is 2.29 bits per heavy atom. The maximum absolute atomic E-state index is 11.3. The van der Waals surface area contributed by atoms with Crippen molar-refractivity contribution in [1.29, 1.82) is 0 Å². The number of aromatic nitrogens is 2. The molecule has 192 valence electrons. The van der Waals surface area contributed by atoms with Gasteiger partial charge in [-0.25, -0.2) is 9.97 Å². The van der Waals surface area contributed by atoms with Gasteiger partial charge in [0, 0.05) is 37.9 Å². The van der Waals surface area contributed by atoms with Gasteiger partial charge >= 0.3 is 0 Å². The molecule has 0 radical (unpaired) electrons. The van der Waals surface area contributed by atoms with Crippen LogP contribution in [0.15, 0.2) is 12.4 Å². The fraction of sp³-hybridized carbons (Fsp3) is 0.808. The van der Waals surface area contributed by atoms with Gasteiger partial charge in [-0.1, -0.05) is 34.6 Å². The number of hydrogen-bond donors (Lipinski definition) is 1. The van der Waals surface area contributed by atoms with Gasteiger partial charge in [-0.2, -0.15) is 0 Å². The number of anilines is 1. The van der Waals surface area contributed by atoms with Gasteiger partial charge in [0.2, 0.25) is 5.95 Å². The molecule has 4 fully saturated rings. The molecule has 2 unspecified atom stereocenters. The standard InChI is InChI=1S/C22H35N6OP.2C2H6/c1-3-26-14-21-13-25-30(15-26)28(21)22-23-11-19(12-24-22)18-4-6-27(7-5-18)20-9-17(10-20)8-16(2)29;2*1-2/h11-12,17-18,20-21,25H,3-10,13-15H2,1-2H3;2*1-2H3. The summed E-state index contributed by atoms with van der Waals surface area (Å²) in [5, 5.41) is 3.69. The lowest BCUT2D eigenvalue weighted by molar-refractivity contribution is -0.119. The van der Waals surface area contributed by atoms with Crippen molar-refractivity contribution in [1.82, 2.24) is 24.9 Å². The lowest BCUT2D eigenvalue weighted by Gasteiger charge is -2.45. The molecular formula is C26H47N6OP. The van der Waals surface area contributed by atoms with E-state index in [9.17, 15) is 4.79 Å². The number of likely N-dealkylation sites (tertiary alicyclic amines) is 1. The van der Waals surface area contributed by atoms with Crippen LogP contribution in [0, 0.1) is 5.92 Å². The number of hydrogen-bond acceptors (Lipinski definition) is 7. The first-order chi connectivity index (χ1) is 16.6. The number of carbonyl (C=O) groups excluding carboxylic acids is 1. The molecule has 0 aromatic carbocycles. The summed E-state index contributed by atoms with van der Waals surface area (Å²) in [5.41, 5.74) is 1.31. The predicted octanol–water partition coefficient (Wildman–Crippen LogP) is 4.85. The number of ketones is 1. The Hall–Kier alpha value is -1.14. The second-order valence-corrected chi connectivity index (χ2v) is 11.4. The first kappa shape index (κ1) is 27.4. The van der Waals surface area contributed by atoms with E-state index in [1.807, 2.05) is 27.7 Å². The molecule has 3 saturated heterocycles.